The number of nitrogens with zero attached hydrogens (tertiary/aromatic N) is 5. The highest BCUT2D eigenvalue weighted by Crippen LogP contribution is 2.32. The highest BCUT2D eigenvalue weighted by atomic mass is 32.2. The molecule has 1 N–H and O–H groups in total. The Labute approximate surface area is 200 Å². The number of hydrogen-bond donors (Lipinski definition) is 1. The van der Waals surface area contributed by atoms with E-state index in [-0.39, 0.29) is 11.1 Å². The highest BCUT2D eigenvalue weighted by molar-refractivity contribution is 8.18. The standard InChI is InChI=1S/C24H24N6O3S/c1-28(2)10-3-4-21(31)29-11-9-15-12-17(6-8-19(15)29)30-14-25-18-7-5-16(26-22(18)30)13-20-23(32)27-24(33)34-20/h5-8,12-14H,3-4,9-11H2,1-2H3,(H,27,32,33)/b20-13+. The van der Waals surface area contributed by atoms with Crippen LogP contribution in [-0.2, 0) is 16.0 Å². The lowest BCUT2D eigenvalue weighted by atomic mass is 10.1. The number of anilines is 1. The molecule has 0 bridgehead atoms. The van der Waals surface area contributed by atoms with Crippen LogP contribution in [0.4, 0.5) is 10.5 Å². The number of benzene rings is 1. The first-order valence-electron chi connectivity index (χ1n) is 11.1. The molecule has 0 unspecified atom stereocenters. The fourth-order valence-electron chi connectivity index (χ4n) is 4.21. The highest BCUT2D eigenvalue weighted by Gasteiger charge is 2.26. The van der Waals surface area contributed by atoms with Gasteiger partial charge in [-0.1, -0.05) is 0 Å². The molecule has 0 saturated carbocycles. The van der Waals surface area contributed by atoms with E-state index in [4.69, 9.17) is 0 Å². The third-order valence-corrected chi connectivity index (χ3v) is 6.68. The summed E-state index contributed by atoms with van der Waals surface area (Å²) in [6, 6.07) is 9.65. The van der Waals surface area contributed by atoms with E-state index in [0.717, 1.165) is 53.6 Å². The summed E-state index contributed by atoms with van der Waals surface area (Å²) in [5.74, 6) is -0.252. The van der Waals surface area contributed by atoms with Gasteiger partial charge in [0, 0.05) is 24.3 Å². The Morgan fingerprint density at radius 2 is 2.09 bits per heavy atom. The molecule has 1 fully saturated rings. The average molecular weight is 477 g/mol. The van der Waals surface area contributed by atoms with Crippen LogP contribution in [0.15, 0.2) is 41.6 Å². The molecule has 2 aliphatic rings. The maximum absolute atomic E-state index is 12.7. The summed E-state index contributed by atoms with van der Waals surface area (Å²) >= 11 is 0.863. The fraction of sp³-hybridized carbons (Fsp3) is 0.292. The van der Waals surface area contributed by atoms with E-state index in [0.29, 0.717) is 29.2 Å². The molecule has 0 spiro atoms. The molecular weight excluding hydrogens is 452 g/mol. The molecule has 5 rings (SSSR count). The molecule has 0 radical (unpaired) electrons. The van der Waals surface area contributed by atoms with Crippen molar-refractivity contribution in [3.63, 3.8) is 0 Å². The fourth-order valence-corrected chi connectivity index (χ4v) is 4.88. The Bertz CT molecular complexity index is 1350. The number of hydrogen-bond acceptors (Lipinski definition) is 7. The number of amides is 3. The first kappa shape index (κ1) is 22.3. The average Bonchev–Trinajstić information content (AvgIpc) is 3.49. The predicted molar refractivity (Wildman–Crippen MR) is 132 cm³/mol. The number of thioether (sulfide) groups is 1. The molecule has 4 heterocycles. The lowest BCUT2D eigenvalue weighted by Gasteiger charge is -2.18. The summed E-state index contributed by atoms with van der Waals surface area (Å²) in [6.45, 7) is 1.59. The molecule has 34 heavy (non-hydrogen) atoms. The molecule has 9 nitrogen and oxygen atoms in total. The third kappa shape index (κ3) is 4.34. The summed E-state index contributed by atoms with van der Waals surface area (Å²) in [6.07, 6.45) is 5.51. The van der Waals surface area contributed by atoms with E-state index < -0.39 is 5.91 Å². The van der Waals surface area contributed by atoms with Crippen molar-refractivity contribution < 1.29 is 14.4 Å². The Balaban J connectivity index is 1.40. The van der Waals surface area contributed by atoms with E-state index in [1.54, 1.807) is 18.5 Å². The lowest BCUT2D eigenvalue weighted by molar-refractivity contribution is -0.118. The maximum atomic E-state index is 12.7. The van der Waals surface area contributed by atoms with Gasteiger partial charge in [0.15, 0.2) is 5.65 Å². The molecule has 10 heteroatoms. The minimum atomic E-state index is -0.412. The molecule has 3 aromatic rings. The van der Waals surface area contributed by atoms with Crippen LogP contribution in [0.25, 0.3) is 22.9 Å². The molecule has 174 valence electrons. The van der Waals surface area contributed by atoms with Crippen LogP contribution in [0.5, 0.6) is 0 Å². The van der Waals surface area contributed by atoms with Crippen molar-refractivity contribution in [3.8, 4) is 5.69 Å². The predicted octanol–water partition coefficient (Wildman–Crippen LogP) is 2.98. The number of carbonyl (C=O) groups excluding carboxylic acids is 3. The molecular formula is C24H24N6O3S. The van der Waals surface area contributed by atoms with Crippen molar-refractivity contribution in [3.05, 3.63) is 52.8 Å². The van der Waals surface area contributed by atoms with Crippen LogP contribution in [0.3, 0.4) is 0 Å². The Kier molecular flexibility index (Phi) is 5.93. The van der Waals surface area contributed by atoms with Gasteiger partial charge in [0.25, 0.3) is 11.1 Å². The van der Waals surface area contributed by atoms with Crippen molar-refractivity contribution in [2.75, 3.05) is 32.1 Å². The van der Waals surface area contributed by atoms with E-state index in [1.807, 2.05) is 41.8 Å². The van der Waals surface area contributed by atoms with Gasteiger partial charge in [-0.3, -0.25) is 24.3 Å². The third-order valence-electron chi connectivity index (χ3n) is 5.87. The van der Waals surface area contributed by atoms with Gasteiger partial charge in [0.05, 0.1) is 10.6 Å². The SMILES string of the molecule is CN(C)CCCC(=O)N1CCc2cc(-n3cnc4ccc(/C=C5/SC(=O)NC5=O)nc43)ccc21. The van der Waals surface area contributed by atoms with Gasteiger partial charge in [-0.05, 0) is 87.2 Å². The number of pyridine rings is 1. The van der Waals surface area contributed by atoms with Crippen molar-refractivity contribution in [1.29, 1.82) is 0 Å². The number of rotatable bonds is 6. The molecule has 2 aliphatic heterocycles. The Morgan fingerprint density at radius 3 is 2.85 bits per heavy atom. The zero-order chi connectivity index (χ0) is 23.8. The molecule has 0 aliphatic carbocycles. The second-order valence-electron chi connectivity index (χ2n) is 8.56. The maximum Gasteiger partial charge on any atom is 0.290 e. The second-order valence-corrected chi connectivity index (χ2v) is 9.58. The number of imidazole rings is 1. The van der Waals surface area contributed by atoms with E-state index >= 15 is 0 Å². The summed E-state index contributed by atoms with van der Waals surface area (Å²) in [5.41, 5.74) is 4.94. The molecule has 2 aromatic heterocycles. The van der Waals surface area contributed by atoms with Gasteiger partial charge in [0.1, 0.15) is 11.8 Å². The number of imide groups is 1. The minimum Gasteiger partial charge on any atom is -0.312 e. The summed E-state index contributed by atoms with van der Waals surface area (Å²) in [7, 11) is 4.02. The number of aromatic nitrogens is 3. The van der Waals surface area contributed by atoms with Crippen LogP contribution < -0.4 is 10.2 Å². The summed E-state index contributed by atoms with van der Waals surface area (Å²) in [5, 5.41) is 1.87. The first-order valence-corrected chi connectivity index (χ1v) is 11.9. The second kappa shape index (κ2) is 9.03. The van der Waals surface area contributed by atoms with Crippen LogP contribution in [0.1, 0.15) is 24.1 Å². The number of carbonyl (C=O) groups is 3. The van der Waals surface area contributed by atoms with Crippen LogP contribution in [0.2, 0.25) is 0 Å². The van der Waals surface area contributed by atoms with Crippen molar-refractivity contribution in [2.24, 2.45) is 0 Å². The quantitative estimate of drug-likeness (QED) is 0.546. The zero-order valence-electron chi connectivity index (χ0n) is 18.9. The van der Waals surface area contributed by atoms with E-state index in [9.17, 15) is 14.4 Å². The molecule has 0 atom stereocenters. The van der Waals surface area contributed by atoms with Gasteiger partial charge in [-0.2, -0.15) is 0 Å². The van der Waals surface area contributed by atoms with Crippen LogP contribution in [-0.4, -0.2) is 63.7 Å². The monoisotopic (exact) mass is 476 g/mol. The van der Waals surface area contributed by atoms with Crippen molar-refractivity contribution >= 4 is 51.7 Å². The van der Waals surface area contributed by atoms with Gasteiger partial charge in [0.2, 0.25) is 5.91 Å². The smallest absolute Gasteiger partial charge is 0.290 e. The molecule has 3 amide bonds. The molecule has 1 aromatic carbocycles. The largest absolute Gasteiger partial charge is 0.312 e. The summed E-state index contributed by atoms with van der Waals surface area (Å²) in [4.78, 5) is 49.4. The summed E-state index contributed by atoms with van der Waals surface area (Å²) < 4.78 is 1.90. The number of nitrogens with one attached hydrogen (secondary N) is 1. The van der Waals surface area contributed by atoms with Crippen LogP contribution in [0, 0.1) is 0 Å². The van der Waals surface area contributed by atoms with Gasteiger partial charge < -0.3 is 9.80 Å². The van der Waals surface area contributed by atoms with E-state index in [2.05, 4.69) is 26.3 Å². The lowest BCUT2D eigenvalue weighted by Crippen LogP contribution is -2.29. The van der Waals surface area contributed by atoms with Crippen LogP contribution >= 0.6 is 11.8 Å². The topological polar surface area (TPSA) is 100 Å². The minimum absolute atomic E-state index is 0.160. The van der Waals surface area contributed by atoms with Crippen molar-refractivity contribution in [2.45, 2.75) is 19.3 Å². The Morgan fingerprint density at radius 1 is 1.24 bits per heavy atom. The number of fused-ring (bicyclic) bond motifs is 2. The van der Waals surface area contributed by atoms with Gasteiger partial charge in [-0.15, -0.1) is 0 Å². The van der Waals surface area contributed by atoms with Gasteiger partial charge in [-0.25, -0.2) is 9.97 Å². The Hall–Kier alpha value is -3.50. The normalized spacial score (nSPS) is 16.7. The van der Waals surface area contributed by atoms with Gasteiger partial charge >= 0.3 is 0 Å². The molecule has 1 saturated heterocycles. The first-order chi connectivity index (χ1) is 16.4. The van der Waals surface area contributed by atoms with E-state index in [1.165, 1.54) is 0 Å². The van der Waals surface area contributed by atoms with Crippen molar-refractivity contribution in [1.82, 2.24) is 24.8 Å². The zero-order valence-corrected chi connectivity index (χ0v) is 19.8.